The van der Waals surface area contributed by atoms with Crippen molar-refractivity contribution < 1.29 is 17.3 Å². The molecule has 0 aromatic rings. The molecule has 0 saturated heterocycles. The largest absolute Gasteiger partial charge is 0.381 e. The summed E-state index contributed by atoms with van der Waals surface area (Å²) < 4.78 is 31.4. The molecule has 0 aromatic heterocycles. The first kappa shape index (κ1) is 14.9. The van der Waals surface area contributed by atoms with Crippen molar-refractivity contribution in [2.75, 3.05) is 26.1 Å². The third-order valence-corrected chi connectivity index (χ3v) is 3.38. The molecule has 0 atom stereocenters. The molecule has 0 aliphatic heterocycles. The minimum Gasteiger partial charge on any atom is -0.381 e. The van der Waals surface area contributed by atoms with Gasteiger partial charge in [-0.3, -0.25) is 4.18 Å². The lowest BCUT2D eigenvalue weighted by Gasteiger charge is -2.03. The second kappa shape index (κ2) is 9.12. The van der Waals surface area contributed by atoms with E-state index in [1.54, 1.807) is 0 Å². The highest BCUT2D eigenvalue weighted by Crippen LogP contribution is 2.00. The van der Waals surface area contributed by atoms with Crippen LogP contribution in [0.1, 0.15) is 39.0 Å². The molecule has 0 amide bonds. The molecule has 0 fully saturated rings. The Balaban J connectivity index is 3.19. The van der Waals surface area contributed by atoms with Crippen LogP contribution in [0.25, 0.3) is 0 Å². The molecular formula is C10H22O4S. The van der Waals surface area contributed by atoms with Crippen molar-refractivity contribution in [1.29, 1.82) is 0 Å². The molecule has 92 valence electrons. The lowest BCUT2D eigenvalue weighted by Crippen LogP contribution is -2.10. The third-order valence-electron chi connectivity index (χ3n) is 2.08. The van der Waals surface area contributed by atoms with Crippen molar-refractivity contribution in [3.8, 4) is 0 Å². The first-order chi connectivity index (χ1) is 7.12. The van der Waals surface area contributed by atoms with Gasteiger partial charge in [0.1, 0.15) is 0 Å². The van der Waals surface area contributed by atoms with E-state index >= 15 is 0 Å². The van der Waals surface area contributed by atoms with E-state index in [0.29, 0.717) is 13.0 Å². The standard InChI is InChI=1S/C10H22O4S/c1-3-4-5-6-8-14-9-7-10-15(11,12)13-2/h3-10H2,1-2H3. The van der Waals surface area contributed by atoms with Crippen molar-refractivity contribution >= 4 is 10.1 Å². The Kier molecular flexibility index (Phi) is 9.04. The van der Waals surface area contributed by atoms with Crippen LogP contribution >= 0.6 is 0 Å². The molecule has 0 unspecified atom stereocenters. The van der Waals surface area contributed by atoms with Crippen molar-refractivity contribution in [2.24, 2.45) is 0 Å². The van der Waals surface area contributed by atoms with Crippen molar-refractivity contribution in [3.63, 3.8) is 0 Å². The Morgan fingerprint density at radius 2 is 1.67 bits per heavy atom. The number of hydrogen-bond acceptors (Lipinski definition) is 4. The van der Waals surface area contributed by atoms with Crippen LogP contribution in [0, 0.1) is 0 Å². The summed E-state index contributed by atoms with van der Waals surface area (Å²) >= 11 is 0. The fourth-order valence-corrected chi connectivity index (χ4v) is 1.79. The van der Waals surface area contributed by atoms with Crippen LogP contribution in [-0.4, -0.2) is 34.5 Å². The van der Waals surface area contributed by atoms with E-state index in [1.807, 2.05) is 0 Å². The zero-order valence-electron chi connectivity index (χ0n) is 9.70. The fraction of sp³-hybridized carbons (Fsp3) is 1.00. The topological polar surface area (TPSA) is 52.6 Å². The maximum Gasteiger partial charge on any atom is 0.267 e. The van der Waals surface area contributed by atoms with Gasteiger partial charge in [0.25, 0.3) is 10.1 Å². The van der Waals surface area contributed by atoms with Crippen LogP contribution in [0.15, 0.2) is 0 Å². The zero-order chi connectivity index (χ0) is 11.6. The van der Waals surface area contributed by atoms with Gasteiger partial charge in [-0.1, -0.05) is 26.2 Å². The van der Waals surface area contributed by atoms with E-state index < -0.39 is 10.1 Å². The molecular weight excluding hydrogens is 216 g/mol. The second-order valence-electron chi connectivity index (χ2n) is 3.46. The maximum absolute atomic E-state index is 10.9. The minimum absolute atomic E-state index is 0.0401. The molecule has 15 heavy (non-hydrogen) atoms. The molecule has 0 aliphatic carbocycles. The van der Waals surface area contributed by atoms with Gasteiger partial charge in [0.2, 0.25) is 0 Å². The monoisotopic (exact) mass is 238 g/mol. The predicted molar refractivity (Wildman–Crippen MR) is 60.4 cm³/mol. The van der Waals surface area contributed by atoms with Gasteiger partial charge < -0.3 is 4.74 Å². The van der Waals surface area contributed by atoms with Crippen LogP contribution in [0.2, 0.25) is 0 Å². The van der Waals surface area contributed by atoms with Gasteiger partial charge in [-0.05, 0) is 12.8 Å². The SMILES string of the molecule is CCCCCCOCCCS(=O)(=O)OC. The highest BCUT2D eigenvalue weighted by molar-refractivity contribution is 7.86. The Bertz CT molecular complexity index is 224. The lowest BCUT2D eigenvalue weighted by molar-refractivity contribution is 0.130. The number of ether oxygens (including phenoxy) is 1. The molecule has 0 bridgehead atoms. The van der Waals surface area contributed by atoms with Crippen molar-refractivity contribution in [3.05, 3.63) is 0 Å². The first-order valence-electron chi connectivity index (χ1n) is 5.48. The van der Waals surface area contributed by atoms with E-state index in [0.717, 1.165) is 13.0 Å². The Morgan fingerprint density at radius 3 is 2.27 bits per heavy atom. The fourth-order valence-electron chi connectivity index (χ4n) is 1.15. The molecule has 0 N–H and O–H groups in total. The highest BCUT2D eigenvalue weighted by atomic mass is 32.2. The lowest BCUT2D eigenvalue weighted by atomic mass is 10.2. The average Bonchev–Trinajstić information content (AvgIpc) is 2.22. The smallest absolute Gasteiger partial charge is 0.267 e. The van der Waals surface area contributed by atoms with Crippen LogP contribution in [0.4, 0.5) is 0 Å². The number of rotatable bonds is 10. The highest BCUT2D eigenvalue weighted by Gasteiger charge is 2.06. The van der Waals surface area contributed by atoms with Crippen LogP contribution in [0.3, 0.4) is 0 Å². The van der Waals surface area contributed by atoms with E-state index in [1.165, 1.54) is 26.4 Å². The van der Waals surface area contributed by atoms with Gasteiger partial charge in [0.05, 0.1) is 12.9 Å². The Morgan fingerprint density at radius 1 is 1.00 bits per heavy atom. The van der Waals surface area contributed by atoms with E-state index in [4.69, 9.17) is 4.74 Å². The van der Waals surface area contributed by atoms with Crippen LogP contribution in [-0.2, 0) is 19.0 Å². The Hall–Kier alpha value is -0.130. The van der Waals surface area contributed by atoms with Crippen molar-refractivity contribution in [2.45, 2.75) is 39.0 Å². The van der Waals surface area contributed by atoms with E-state index in [2.05, 4.69) is 11.1 Å². The van der Waals surface area contributed by atoms with Gasteiger partial charge in [0.15, 0.2) is 0 Å². The predicted octanol–water partition coefficient (Wildman–Crippen LogP) is 1.95. The number of unbranched alkanes of at least 4 members (excludes halogenated alkanes) is 3. The summed E-state index contributed by atoms with van der Waals surface area (Å²) in [6.45, 7) is 3.39. The average molecular weight is 238 g/mol. The molecule has 0 spiro atoms. The molecule has 0 saturated carbocycles. The summed E-state index contributed by atoms with van der Waals surface area (Å²) in [6.07, 6.45) is 5.20. The molecule has 0 radical (unpaired) electrons. The maximum atomic E-state index is 10.9. The molecule has 0 heterocycles. The van der Waals surface area contributed by atoms with Gasteiger partial charge in [-0.15, -0.1) is 0 Å². The summed E-state index contributed by atoms with van der Waals surface area (Å²) in [5.41, 5.74) is 0. The Labute approximate surface area is 93.1 Å². The molecule has 0 rings (SSSR count). The molecule has 5 heteroatoms. The molecule has 0 aliphatic rings. The first-order valence-corrected chi connectivity index (χ1v) is 7.06. The quantitative estimate of drug-likeness (QED) is 0.431. The summed E-state index contributed by atoms with van der Waals surface area (Å²) in [7, 11) is -2.12. The van der Waals surface area contributed by atoms with E-state index in [9.17, 15) is 8.42 Å². The van der Waals surface area contributed by atoms with Crippen LogP contribution < -0.4 is 0 Å². The zero-order valence-corrected chi connectivity index (χ0v) is 10.5. The van der Waals surface area contributed by atoms with Gasteiger partial charge in [0, 0.05) is 13.2 Å². The molecule has 4 nitrogen and oxygen atoms in total. The van der Waals surface area contributed by atoms with Gasteiger partial charge in [-0.2, -0.15) is 8.42 Å². The number of hydrogen-bond donors (Lipinski definition) is 0. The normalized spacial score (nSPS) is 11.9. The van der Waals surface area contributed by atoms with E-state index in [-0.39, 0.29) is 5.75 Å². The minimum atomic E-state index is -3.30. The van der Waals surface area contributed by atoms with Crippen molar-refractivity contribution in [1.82, 2.24) is 0 Å². The van der Waals surface area contributed by atoms with Crippen LogP contribution in [0.5, 0.6) is 0 Å². The summed E-state index contributed by atoms with van der Waals surface area (Å²) in [6, 6.07) is 0. The summed E-state index contributed by atoms with van der Waals surface area (Å²) in [5, 5.41) is 0. The molecule has 0 aromatic carbocycles. The van der Waals surface area contributed by atoms with Gasteiger partial charge >= 0.3 is 0 Å². The third kappa shape index (κ3) is 10.2. The van der Waals surface area contributed by atoms with Gasteiger partial charge in [-0.25, -0.2) is 0 Å². The summed E-state index contributed by atoms with van der Waals surface area (Å²) in [4.78, 5) is 0. The second-order valence-corrected chi connectivity index (χ2v) is 5.31. The summed E-state index contributed by atoms with van der Waals surface area (Å²) in [5.74, 6) is 0.0401.